The lowest BCUT2D eigenvalue weighted by atomic mass is 10.2. The molecule has 0 radical (unpaired) electrons. The summed E-state index contributed by atoms with van der Waals surface area (Å²) in [6, 6.07) is 10.9. The second kappa shape index (κ2) is 6.31. The minimum absolute atomic E-state index is 0.0162. The van der Waals surface area contributed by atoms with Crippen molar-refractivity contribution < 1.29 is 18.1 Å². The minimum Gasteiger partial charge on any atom is -0.497 e. The molecule has 0 aliphatic heterocycles. The average Bonchev–Trinajstić information content (AvgIpc) is 2.56. The maximum atomic E-state index is 14.1. The number of pyridine rings is 1. The van der Waals surface area contributed by atoms with Crippen LogP contribution in [-0.2, 0) is 11.0 Å². The number of benzene rings is 2. The van der Waals surface area contributed by atoms with Gasteiger partial charge in [-0.1, -0.05) is 0 Å². The number of aromatic nitrogens is 1. The molecule has 118 valence electrons. The van der Waals surface area contributed by atoms with E-state index in [4.69, 9.17) is 14.6 Å². The molecule has 1 heterocycles. The standard InChI is InChI=1S/C16H13FN2O3S/c1-21-10-2-4-12-14(8-10)19-7-6-15(12)22-16-5-3-11(23(18)20)9-13(16)17/h2-9H,18H2,1H3. The summed E-state index contributed by atoms with van der Waals surface area (Å²) >= 11 is 0. The number of nitrogens with two attached hydrogens (primary N) is 1. The number of halogens is 1. The van der Waals surface area contributed by atoms with Gasteiger partial charge in [0.1, 0.15) is 22.5 Å². The smallest absolute Gasteiger partial charge is 0.166 e. The fraction of sp³-hybridized carbons (Fsp3) is 0.0625. The molecule has 23 heavy (non-hydrogen) atoms. The van der Waals surface area contributed by atoms with E-state index < -0.39 is 16.8 Å². The molecule has 0 fully saturated rings. The van der Waals surface area contributed by atoms with Crippen LogP contribution in [0.4, 0.5) is 4.39 Å². The highest BCUT2D eigenvalue weighted by atomic mass is 32.2. The topological polar surface area (TPSA) is 74.4 Å². The van der Waals surface area contributed by atoms with Crippen molar-refractivity contribution in [3.8, 4) is 17.2 Å². The number of fused-ring (bicyclic) bond motifs is 1. The van der Waals surface area contributed by atoms with E-state index in [0.717, 1.165) is 11.5 Å². The van der Waals surface area contributed by atoms with E-state index in [1.807, 2.05) is 0 Å². The molecular weight excluding hydrogens is 319 g/mol. The highest BCUT2D eigenvalue weighted by Crippen LogP contribution is 2.32. The molecule has 1 unspecified atom stereocenters. The molecular formula is C16H13FN2O3S. The highest BCUT2D eigenvalue weighted by Gasteiger charge is 2.11. The second-order valence-corrected chi connectivity index (χ2v) is 5.75. The van der Waals surface area contributed by atoms with Crippen molar-refractivity contribution in [3.63, 3.8) is 0 Å². The molecule has 0 amide bonds. The molecule has 0 spiro atoms. The van der Waals surface area contributed by atoms with Gasteiger partial charge in [0.05, 0.1) is 17.5 Å². The molecule has 7 heteroatoms. The molecule has 2 N–H and O–H groups in total. The largest absolute Gasteiger partial charge is 0.497 e. The third-order valence-electron chi connectivity index (χ3n) is 3.27. The van der Waals surface area contributed by atoms with Gasteiger partial charge in [-0.25, -0.2) is 13.7 Å². The second-order valence-electron chi connectivity index (χ2n) is 4.68. The van der Waals surface area contributed by atoms with Gasteiger partial charge >= 0.3 is 0 Å². The van der Waals surface area contributed by atoms with Crippen LogP contribution in [-0.4, -0.2) is 16.3 Å². The Balaban J connectivity index is 2.00. The SMILES string of the molecule is COc1ccc2c(Oc3ccc(S(N)=O)cc3F)ccnc2c1. The summed E-state index contributed by atoms with van der Waals surface area (Å²) in [6.07, 6.45) is 1.57. The van der Waals surface area contributed by atoms with Crippen molar-refractivity contribution >= 4 is 21.9 Å². The maximum Gasteiger partial charge on any atom is 0.166 e. The predicted molar refractivity (Wildman–Crippen MR) is 85.4 cm³/mol. The van der Waals surface area contributed by atoms with Gasteiger partial charge in [-0.15, -0.1) is 0 Å². The molecule has 0 saturated carbocycles. The zero-order valence-electron chi connectivity index (χ0n) is 12.2. The van der Waals surface area contributed by atoms with Crippen molar-refractivity contribution in [1.82, 2.24) is 4.98 Å². The molecule has 2 aromatic carbocycles. The van der Waals surface area contributed by atoms with Gasteiger partial charge in [-0.3, -0.25) is 4.98 Å². The molecule has 3 rings (SSSR count). The molecule has 0 aliphatic carbocycles. The lowest BCUT2D eigenvalue weighted by Crippen LogP contribution is -2.03. The quantitative estimate of drug-likeness (QED) is 0.796. The first-order valence-corrected chi connectivity index (χ1v) is 7.86. The summed E-state index contributed by atoms with van der Waals surface area (Å²) in [5.74, 6) is 0.503. The average molecular weight is 332 g/mol. The van der Waals surface area contributed by atoms with E-state index in [0.29, 0.717) is 17.0 Å². The Kier molecular flexibility index (Phi) is 4.22. The summed E-state index contributed by atoms with van der Waals surface area (Å²) in [6.45, 7) is 0. The Bertz CT molecular complexity index is 902. The van der Waals surface area contributed by atoms with Gasteiger partial charge in [-0.2, -0.15) is 0 Å². The van der Waals surface area contributed by atoms with Crippen molar-refractivity contribution in [1.29, 1.82) is 0 Å². The number of hydrogen-bond donors (Lipinski definition) is 1. The van der Waals surface area contributed by atoms with Gasteiger partial charge in [0.2, 0.25) is 0 Å². The minimum atomic E-state index is -1.74. The molecule has 5 nitrogen and oxygen atoms in total. The van der Waals surface area contributed by atoms with Gasteiger partial charge in [-0.05, 0) is 36.4 Å². The third kappa shape index (κ3) is 3.15. The number of ether oxygens (including phenoxy) is 2. The van der Waals surface area contributed by atoms with Crippen LogP contribution in [0.25, 0.3) is 10.9 Å². The zero-order valence-corrected chi connectivity index (χ0v) is 13.0. The van der Waals surface area contributed by atoms with Crippen LogP contribution >= 0.6 is 0 Å². The van der Waals surface area contributed by atoms with Crippen LogP contribution in [0, 0.1) is 5.82 Å². The van der Waals surface area contributed by atoms with Gasteiger partial charge in [0, 0.05) is 17.6 Å². The van der Waals surface area contributed by atoms with Crippen molar-refractivity contribution in [3.05, 3.63) is 54.5 Å². The Morgan fingerprint density at radius 2 is 1.96 bits per heavy atom. The lowest BCUT2D eigenvalue weighted by molar-refractivity contribution is 0.415. The number of nitrogens with zero attached hydrogens (tertiary/aromatic N) is 1. The summed E-state index contributed by atoms with van der Waals surface area (Å²) < 4.78 is 36.0. The normalized spacial score (nSPS) is 12.1. The van der Waals surface area contributed by atoms with Crippen LogP contribution in [0.1, 0.15) is 0 Å². The van der Waals surface area contributed by atoms with Gasteiger partial charge < -0.3 is 9.47 Å². The first-order valence-electron chi connectivity index (χ1n) is 6.65. The molecule has 0 saturated heterocycles. The van der Waals surface area contributed by atoms with E-state index in [-0.39, 0.29) is 10.6 Å². The lowest BCUT2D eigenvalue weighted by Gasteiger charge is -2.10. The van der Waals surface area contributed by atoms with Crippen LogP contribution < -0.4 is 14.6 Å². The zero-order chi connectivity index (χ0) is 16.4. The van der Waals surface area contributed by atoms with Crippen molar-refractivity contribution in [2.75, 3.05) is 7.11 Å². The maximum absolute atomic E-state index is 14.1. The Hall–Kier alpha value is -2.51. The Labute approximate surface area is 134 Å². The van der Waals surface area contributed by atoms with E-state index in [9.17, 15) is 8.60 Å². The summed E-state index contributed by atoms with van der Waals surface area (Å²) in [4.78, 5) is 4.44. The number of rotatable bonds is 4. The predicted octanol–water partition coefficient (Wildman–Crippen LogP) is 3.16. The van der Waals surface area contributed by atoms with Crippen LogP contribution in [0.5, 0.6) is 17.2 Å². The molecule has 0 bridgehead atoms. The summed E-state index contributed by atoms with van der Waals surface area (Å²) in [5.41, 5.74) is 0.668. The molecule has 1 atom stereocenters. The monoisotopic (exact) mass is 332 g/mol. The first-order chi connectivity index (χ1) is 11.1. The summed E-state index contributed by atoms with van der Waals surface area (Å²) in [5, 5.41) is 5.95. The fourth-order valence-corrected chi connectivity index (χ4v) is 2.55. The van der Waals surface area contributed by atoms with Crippen LogP contribution in [0.3, 0.4) is 0 Å². The summed E-state index contributed by atoms with van der Waals surface area (Å²) in [7, 11) is -0.170. The van der Waals surface area contributed by atoms with E-state index in [1.54, 1.807) is 37.6 Å². The van der Waals surface area contributed by atoms with Crippen LogP contribution in [0.2, 0.25) is 0 Å². The van der Waals surface area contributed by atoms with Gasteiger partial charge in [0.15, 0.2) is 11.6 Å². The van der Waals surface area contributed by atoms with E-state index in [1.165, 1.54) is 12.1 Å². The molecule has 0 aliphatic rings. The third-order valence-corrected chi connectivity index (χ3v) is 3.98. The van der Waals surface area contributed by atoms with E-state index >= 15 is 0 Å². The Morgan fingerprint density at radius 1 is 1.13 bits per heavy atom. The number of methoxy groups -OCH3 is 1. The van der Waals surface area contributed by atoms with Crippen molar-refractivity contribution in [2.45, 2.75) is 4.90 Å². The first kappa shape index (κ1) is 15.4. The fourth-order valence-electron chi connectivity index (χ4n) is 2.13. The van der Waals surface area contributed by atoms with E-state index in [2.05, 4.69) is 4.98 Å². The Morgan fingerprint density at radius 3 is 2.65 bits per heavy atom. The number of hydrogen-bond acceptors (Lipinski definition) is 4. The molecule has 1 aromatic heterocycles. The van der Waals surface area contributed by atoms with Gasteiger partial charge in [0.25, 0.3) is 0 Å². The molecule has 3 aromatic rings. The van der Waals surface area contributed by atoms with Crippen LogP contribution in [0.15, 0.2) is 53.6 Å². The van der Waals surface area contributed by atoms with Crippen molar-refractivity contribution in [2.24, 2.45) is 5.14 Å². The highest BCUT2D eigenvalue weighted by molar-refractivity contribution is 7.82.